The lowest BCUT2D eigenvalue weighted by Crippen LogP contribution is -2.24. The Hall–Kier alpha value is -7.50. The zero-order valence-electron chi connectivity index (χ0n) is 35.9. The van der Waals surface area contributed by atoms with Gasteiger partial charge in [0.15, 0.2) is 0 Å². The lowest BCUT2D eigenvalue weighted by atomic mass is 9.73. The fraction of sp³-hybridized carbons (Fsp3) is 0.0323. The lowest BCUT2D eigenvalue weighted by Gasteiger charge is -2.36. The van der Waals surface area contributed by atoms with Crippen molar-refractivity contribution in [1.82, 2.24) is 0 Å². The zero-order chi connectivity index (χ0) is 43.3. The van der Waals surface area contributed by atoms with Crippen LogP contribution in [0.4, 0.5) is 34.1 Å². The number of benzene rings is 11. The summed E-state index contributed by atoms with van der Waals surface area (Å²) in [5.74, 6) is 0. The highest BCUT2D eigenvalue weighted by molar-refractivity contribution is 8.00. The van der Waals surface area contributed by atoms with Gasteiger partial charge in [-0.15, -0.1) is 0 Å². The van der Waals surface area contributed by atoms with E-state index in [0.29, 0.717) is 0 Å². The van der Waals surface area contributed by atoms with Crippen LogP contribution in [0.5, 0.6) is 0 Å². The molecular formula is C62H38N2S2. The van der Waals surface area contributed by atoms with Crippen LogP contribution in [-0.4, -0.2) is 0 Å². The molecule has 66 heavy (non-hydrogen) atoms. The molecule has 2 nitrogen and oxygen atoms in total. The van der Waals surface area contributed by atoms with Crippen molar-refractivity contribution in [1.29, 1.82) is 0 Å². The molecule has 11 aromatic rings. The first-order valence-electron chi connectivity index (χ1n) is 22.7. The third-order valence-electron chi connectivity index (χ3n) is 14.8. The number of hydrogen-bond donors (Lipinski definition) is 0. The average Bonchev–Trinajstić information content (AvgIpc) is 3.63. The number of anilines is 6. The summed E-state index contributed by atoms with van der Waals surface area (Å²) < 4.78 is 0. The van der Waals surface area contributed by atoms with E-state index in [4.69, 9.17) is 0 Å². The summed E-state index contributed by atoms with van der Waals surface area (Å²) in [4.78, 5) is 10.0. The second-order valence-corrected chi connectivity index (χ2v) is 20.3. The molecule has 6 bridgehead atoms. The molecule has 0 spiro atoms. The van der Waals surface area contributed by atoms with E-state index in [1.54, 1.807) is 0 Å². The zero-order valence-corrected chi connectivity index (χ0v) is 37.6. The van der Waals surface area contributed by atoms with Gasteiger partial charge in [0, 0.05) is 36.4 Å². The van der Waals surface area contributed by atoms with E-state index >= 15 is 0 Å². The summed E-state index contributed by atoms with van der Waals surface area (Å²) in [6, 6.07) is 80.6. The van der Waals surface area contributed by atoms with Crippen molar-refractivity contribution in [3.05, 3.63) is 229 Å². The molecule has 0 N–H and O–H groups in total. The highest BCUT2D eigenvalue weighted by Gasteiger charge is 2.42. The van der Waals surface area contributed by atoms with Gasteiger partial charge in [-0.05, 0) is 174 Å². The molecule has 0 saturated heterocycles. The smallest absolute Gasteiger partial charge is 0.0604 e. The van der Waals surface area contributed by atoms with Crippen LogP contribution in [0.25, 0.3) is 65.7 Å². The molecule has 1 atom stereocenters. The topological polar surface area (TPSA) is 6.48 Å². The molecule has 308 valence electrons. The summed E-state index contributed by atoms with van der Waals surface area (Å²) in [5.41, 5.74) is 18.4. The fourth-order valence-corrected chi connectivity index (χ4v) is 13.8. The number of fused-ring (bicyclic) bond motifs is 16. The van der Waals surface area contributed by atoms with Crippen LogP contribution in [0.15, 0.2) is 232 Å². The van der Waals surface area contributed by atoms with Crippen LogP contribution >= 0.6 is 23.5 Å². The monoisotopic (exact) mass is 874 g/mol. The molecule has 3 heterocycles. The van der Waals surface area contributed by atoms with E-state index < -0.39 is 0 Å². The summed E-state index contributed by atoms with van der Waals surface area (Å²) in [5, 5.41) is 7.43. The van der Waals surface area contributed by atoms with Gasteiger partial charge in [0.05, 0.1) is 22.7 Å². The maximum atomic E-state index is 2.54. The first-order chi connectivity index (χ1) is 32.6. The minimum atomic E-state index is -0.378. The molecule has 1 unspecified atom stereocenters. The quantitative estimate of drug-likeness (QED) is 0.160. The molecule has 1 aliphatic carbocycles. The number of nitrogens with zero attached hydrogens (tertiary/aromatic N) is 2. The van der Waals surface area contributed by atoms with Gasteiger partial charge in [-0.2, -0.15) is 0 Å². The van der Waals surface area contributed by atoms with E-state index in [0.717, 1.165) is 11.4 Å². The Kier molecular flexibility index (Phi) is 7.54. The van der Waals surface area contributed by atoms with Gasteiger partial charge < -0.3 is 9.80 Å². The van der Waals surface area contributed by atoms with Crippen molar-refractivity contribution >= 4 is 90.0 Å². The van der Waals surface area contributed by atoms with Gasteiger partial charge in [0.25, 0.3) is 0 Å². The molecule has 3 aliphatic heterocycles. The van der Waals surface area contributed by atoms with E-state index in [-0.39, 0.29) is 5.41 Å². The molecule has 0 saturated carbocycles. The van der Waals surface area contributed by atoms with Crippen LogP contribution in [0.3, 0.4) is 0 Å². The third-order valence-corrected chi connectivity index (χ3v) is 17.0. The Morgan fingerprint density at radius 3 is 1.53 bits per heavy atom. The van der Waals surface area contributed by atoms with Crippen molar-refractivity contribution in [2.75, 3.05) is 9.80 Å². The van der Waals surface area contributed by atoms with Crippen LogP contribution in [0.2, 0.25) is 0 Å². The molecule has 4 heteroatoms. The minimum absolute atomic E-state index is 0.378. The maximum absolute atomic E-state index is 2.54. The molecule has 0 radical (unpaired) electrons. The Labute approximate surface area is 391 Å². The number of rotatable bonds is 2. The molecule has 0 fully saturated rings. The number of hydrogen-bond acceptors (Lipinski definition) is 4. The fourth-order valence-electron chi connectivity index (χ4n) is 11.7. The molecule has 15 rings (SSSR count). The summed E-state index contributed by atoms with van der Waals surface area (Å²) >= 11 is 3.73. The van der Waals surface area contributed by atoms with Crippen molar-refractivity contribution in [2.24, 2.45) is 0 Å². The summed E-state index contributed by atoms with van der Waals surface area (Å²) in [6.07, 6.45) is 0. The van der Waals surface area contributed by atoms with Gasteiger partial charge in [0.2, 0.25) is 0 Å². The van der Waals surface area contributed by atoms with Crippen LogP contribution in [-0.2, 0) is 5.41 Å². The summed E-state index contributed by atoms with van der Waals surface area (Å²) in [7, 11) is 0. The Morgan fingerprint density at radius 2 is 0.864 bits per heavy atom. The first kappa shape index (κ1) is 36.8. The second-order valence-electron chi connectivity index (χ2n) is 18.2. The normalized spacial score (nSPS) is 15.8. The van der Waals surface area contributed by atoms with Crippen molar-refractivity contribution in [3.8, 4) is 33.4 Å². The predicted molar refractivity (Wildman–Crippen MR) is 278 cm³/mol. The third kappa shape index (κ3) is 5.00. The molecule has 11 aromatic carbocycles. The number of para-hydroxylation sites is 3. The van der Waals surface area contributed by atoms with Gasteiger partial charge in [-0.3, -0.25) is 0 Å². The molecule has 4 aliphatic rings. The second kappa shape index (κ2) is 13.5. The standard InChI is InChI=1S/C62H38N2S2/c1-62-41-25-31-59-55(34-41)64(54-18-8-11-21-58(54)66-59)43-27-30-46-49(36-43)61(40-24-28-45(51(62)33-40)44-14-4-5-15-50(44)62)47-29-26-42(35-48(47)60(46)39-23-22-37-12-2-3-13-38(37)32-39)63-52-16-6-9-19-56(52)65-57-20-10-7-17-53(57)63/h2-36H,1H3. The largest absolute Gasteiger partial charge is 0.308 e. The van der Waals surface area contributed by atoms with E-state index in [2.05, 4.69) is 229 Å². The van der Waals surface area contributed by atoms with Gasteiger partial charge in [-0.1, -0.05) is 151 Å². The Bertz CT molecular complexity index is 3900. The molecular weight excluding hydrogens is 837 g/mol. The Morgan fingerprint density at radius 1 is 0.348 bits per heavy atom. The van der Waals surface area contributed by atoms with Gasteiger partial charge in [-0.25, -0.2) is 0 Å². The van der Waals surface area contributed by atoms with Gasteiger partial charge >= 0.3 is 0 Å². The van der Waals surface area contributed by atoms with E-state index in [1.165, 1.54) is 125 Å². The van der Waals surface area contributed by atoms with Crippen molar-refractivity contribution < 1.29 is 0 Å². The first-order valence-corrected chi connectivity index (χ1v) is 24.4. The van der Waals surface area contributed by atoms with E-state index in [1.807, 2.05) is 23.5 Å². The molecule has 0 aromatic heterocycles. The van der Waals surface area contributed by atoms with Crippen molar-refractivity contribution in [2.45, 2.75) is 31.9 Å². The highest BCUT2D eigenvalue weighted by atomic mass is 32.2. The van der Waals surface area contributed by atoms with E-state index in [9.17, 15) is 0 Å². The lowest BCUT2D eigenvalue weighted by molar-refractivity contribution is 0.713. The maximum Gasteiger partial charge on any atom is 0.0604 e. The van der Waals surface area contributed by atoms with Gasteiger partial charge in [0.1, 0.15) is 0 Å². The minimum Gasteiger partial charge on any atom is -0.308 e. The van der Waals surface area contributed by atoms with Crippen LogP contribution in [0.1, 0.15) is 23.6 Å². The highest BCUT2D eigenvalue weighted by Crippen LogP contribution is 2.59. The van der Waals surface area contributed by atoms with Crippen molar-refractivity contribution in [3.63, 3.8) is 0 Å². The predicted octanol–water partition coefficient (Wildman–Crippen LogP) is 18.0. The Balaban J connectivity index is 1.10. The van der Waals surface area contributed by atoms with Crippen LogP contribution in [0, 0.1) is 0 Å². The average molecular weight is 875 g/mol. The molecule has 0 amide bonds. The summed E-state index contributed by atoms with van der Waals surface area (Å²) in [6.45, 7) is 2.46. The SMILES string of the molecule is CC12c3ccc4c(c3)N(c3ccc5c(-c6ccc7ccccc7c6)c6cc(N7c8ccccc8Sc8ccccc87)ccc6c(c5c3)-c3ccc(c1c3)-c1ccccc12)c1ccccc1S4. The van der Waals surface area contributed by atoms with Crippen LogP contribution < -0.4 is 9.80 Å².